The van der Waals surface area contributed by atoms with Gasteiger partial charge in [-0.05, 0) is 43.8 Å². The van der Waals surface area contributed by atoms with Gasteiger partial charge in [-0.3, -0.25) is 4.98 Å². The second-order valence-electron chi connectivity index (χ2n) is 4.31. The van der Waals surface area contributed by atoms with Gasteiger partial charge < -0.3 is 9.73 Å². The molecule has 0 aliphatic carbocycles. The normalized spacial score (nSPS) is 13.3. The van der Waals surface area contributed by atoms with Crippen molar-refractivity contribution in [2.24, 2.45) is 0 Å². The highest BCUT2D eigenvalue weighted by Gasteiger charge is 2.16. The Morgan fingerprint density at radius 2 is 1.95 bits per heavy atom. The topological polar surface area (TPSA) is 84.2 Å². The van der Waals surface area contributed by atoms with E-state index in [0.29, 0.717) is 12.3 Å². The minimum absolute atomic E-state index is 0.0756. The zero-order valence-corrected chi connectivity index (χ0v) is 12.1. The third-order valence-electron chi connectivity index (χ3n) is 2.96. The quantitative estimate of drug-likeness (QED) is 0.842. The summed E-state index contributed by atoms with van der Waals surface area (Å²) in [6.07, 6.45) is 3.47. The number of rotatable bonds is 6. The van der Waals surface area contributed by atoms with Crippen molar-refractivity contribution in [3.8, 4) is 0 Å². The molecule has 108 valence electrons. The first-order valence-electron chi connectivity index (χ1n) is 6.18. The van der Waals surface area contributed by atoms with Crippen LogP contribution in [0, 0.1) is 0 Å². The summed E-state index contributed by atoms with van der Waals surface area (Å²) in [5.41, 5.74) is 1.11. The fourth-order valence-corrected chi connectivity index (χ4v) is 2.39. The molecule has 0 aliphatic rings. The Kier molecular flexibility index (Phi) is 4.53. The van der Waals surface area contributed by atoms with Crippen LogP contribution in [0.5, 0.6) is 0 Å². The minimum atomic E-state index is -3.52. The van der Waals surface area contributed by atoms with Gasteiger partial charge in [-0.15, -0.1) is 0 Å². The molecule has 0 bridgehead atoms. The van der Waals surface area contributed by atoms with Gasteiger partial charge in [0.15, 0.2) is 0 Å². The molecule has 6 nitrogen and oxygen atoms in total. The lowest BCUT2D eigenvalue weighted by Gasteiger charge is -2.12. The Balaban J connectivity index is 1.99. The number of nitrogens with zero attached hydrogens (tertiary/aromatic N) is 1. The summed E-state index contributed by atoms with van der Waals surface area (Å²) in [6.45, 7) is 2.46. The van der Waals surface area contributed by atoms with Crippen LogP contribution in [-0.2, 0) is 16.6 Å². The highest BCUT2D eigenvalue weighted by Crippen LogP contribution is 2.15. The van der Waals surface area contributed by atoms with Crippen LogP contribution < -0.4 is 10.0 Å². The molecule has 0 fully saturated rings. The molecule has 0 unspecified atom stereocenters. The molecule has 0 spiro atoms. The molecule has 7 heteroatoms. The summed E-state index contributed by atoms with van der Waals surface area (Å²) in [5, 5.41) is 3.19. The maximum atomic E-state index is 11.5. The van der Waals surface area contributed by atoms with Gasteiger partial charge in [0.25, 0.3) is 10.0 Å². The molecular formula is C13H17N3O3S. The summed E-state index contributed by atoms with van der Waals surface area (Å²) in [4.78, 5) is 3.97. The van der Waals surface area contributed by atoms with Crippen molar-refractivity contribution in [3.05, 3.63) is 48.0 Å². The number of hydrogen-bond donors (Lipinski definition) is 2. The predicted molar refractivity (Wildman–Crippen MR) is 74.4 cm³/mol. The lowest BCUT2D eigenvalue weighted by molar-refractivity contribution is 0.392. The van der Waals surface area contributed by atoms with Crippen LogP contribution in [0.2, 0.25) is 0 Å². The largest absolute Gasteiger partial charge is 0.447 e. The van der Waals surface area contributed by atoms with Crippen molar-refractivity contribution in [1.29, 1.82) is 0 Å². The van der Waals surface area contributed by atoms with E-state index in [1.165, 1.54) is 13.1 Å². The first-order valence-corrected chi connectivity index (χ1v) is 7.67. The van der Waals surface area contributed by atoms with E-state index in [2.05, 4.69) is 15.0 Å². The zero-order chi connectivity index (χ0) is 14.6. The van der Waals surface area contributed by atoms with Crippen LogP contribution in [0.1, 0.15) is 24.3 Å². The first-order chi connectivity index (χ1) is 9.53. The van der Waals surface area contributed by atoms with E-state index in [-0.39, 0.29) is 11.1 Å². The number of sulfonamides is 1. The molecule has 1 atom stereocenters. The Labute approximate surface area is 118 Å². The molecule has 2 aromatic rings. The summed E-state index contributed by atoms with van der Waals surface area (Å²) < 4.78 is 30.6. The molecule has 2 aromatic heterocycles. The van der Waals surface area contributed by atoms with Crippen LogP contribution in [0.3, 0.4) is 0 Å². The van der Waals surface area contributed by atoms with Gasteiger partial charge in [0, 0.05) is 18.4 Å². The monoisotopic (exact) mass is 295 g/mol. The molecule has 2 N–H and O–H groups in total. The molecule has 0 amide bonds. The Morgan fingerprint density at radius 1 is 1.25 bits per heavy atom. The third-order valence-corrected chi connectivity index (χ3v) is 4.25. The average molecular weight is 295 g/mol. The Bertz CT molecular complexity index is 653. The number of nitrogens with one attached hydrogen (secondary N) is 2. The van der Waals surface area contributed by atoms with Crippen molar-refractivity contribution < 1.29 is 12.8 Å². The van der Waals surface area contributed by atoms with Gasteiger partial charge >= 0.3 is 0 Å². The molecule has 2 heterocycles. The number of furan rings is 1. The number of hydrogen-bond acceptors (Lipinski definition) is 5. The minimum Gasteiger partial charge on any atom is -0.447 e. The van der Waals surface area contributed by atoms with E-state index in [1.54, 1.807) is 18.5 Å². The van der Waals surface area contributed by atoms with Crippen molar-refractivity contribution in [3.63, 3.8) is 0 Å². The fraction of sp³-hybridized carbons (Fsp3) is 0.308. The summed E-state index contributed by atoms with van der Waals surface area (Å²) in [5.74, 6) is 0.569. The summed E-state index contributed by atoms with van der Waals surface area (Å²) >= 11 is 0. The SMILES string of the molecule is CNS(=O)(=O)c1ccc(CN[C@@H](C)c2ccncc2)o1. The molecule has 2 rings (SSSR count). The standard InChI is InChI=1S/C13H17N3O3S/c1-10(11-5-7-15-8-6-11)16-9-12-3-4-13(19-12)20(17,18)14-2/h3-8,10,14,16H,9H2,1-2H3/t10-/m0/s1. The number of aromatic nitrogens is 1. The highest BCUT2D eigenvalue weighted by atomic mass is 32.2. The van der Waals surface area contributed by atoms with Crippen LogP contribution >= 0.6 is 0 Å². The second-order valence-corrected chi connectivity index (χ2v) is 6.13. The maximum Gasteiger partial charge on any atom is 0.273 e. The van der Waals surface area contributed by atoms with E-state index in [9.17, 15) is 8.42 Å². The van der Waals surface area contributed by atoms with E-state index >= 15 is 0 Å². The van der Waals surface area contributed by atoms with Gasteiger partial charge in [0.1, 0.15) is 5.76 Å². The van der Waals surface area contributed by atoms with Gasteiger partial charge in [-0.1, -0.05) is 0 Å². The first kappa shape index (κ1) is 14.7. The molecule has 0 aliphatic heterocycles. The summed E-state index contributed by atoms with van der Waals surface area (Å²) in [6, 6.07) is 7.07. The smallest absolute Gasteiger partial charge is 0.273 e. The molecule has 20 heavy (non-hydrogen) atoms. The predicted octanol–water partition coefficient (Wildman–Crippen LogP) is 1.43. The second kappa shape index (κ2) is 6.17. The van der Waals surface area contributed by atoms with Crippen LogP contribution in [0.4, 0.5) is 0 Å². The molecule has 0 radical (unpaired) electrons. The van der Waals surface area contributed by atoms with Gasteiger partial charge in [-0.2, -0.15) is 0 Å². The van der Waals surface area contributed by atoms with Crippen LogP contribution in [-0.4, -0.2) is 20.4 Å². The van der Waals surface area contributed by atoms with Gasteiger partial charge in [0.05, 0.1) is 6.54 Å². The molecule has 0 aromatic carbocycles. The van der Waals surface area contributed by atoms with Crippen LogP contribution in [0.25, 0.3) is 0 Å². The van der Waals surface area contributed by atoms with E-state index < -0.39 is 10.0 Å². The third kappa shape index (κ3) is 3.44. The average Bonchev–Trinajstić information content (AvgIpc) is 2.95. The lowest BCUT2D eigenvalue weighted by atomic mass is 10.1. The van der Waals surface area contributed by atoms with Crippen molar-refractivity contribution in [2.45, 2.75) is 24.6 Å². The molecular weight excluding hydrogens is 278 g/mol. The summed E-state index contributed by atoms with van der Waals surface area (Å²) in [7, 11) is -2.17. The van der Waals surface area contributed by atoms with Gasteiger partial charge in [-0.25, -0.2) is 13.1 Å². The van der Waals surface area contributed by atoms with Gasteiger partial charge in [0.2, 0.25) is 5.09 Å². The molecule has 0 saturated heterocycles. The molecule has 0 saturated carbocycles. The lowest BCUT2D eigenvalue weighted by Crippen LogP contribution is -2.18. The maximum absolute atomic E-state index is 11.5. The van der Waals surface area contributed by atoms with E-state index in [0.717, 1.165) is 5.56 Å². The zero-order valence-electron chi connectivity index (χ0n) is 11.3. The Hall–Kier alpha value is -1.70. The van der Waals surface area contributed by atoms with Crippen molar-refractivity contribution >= 4 is 10.0 Å². The highest BCUT2D eigenvalue weighted by molar-refractivity contribution is 7.89. The van der Waals surface area contributed by atoms with E-state index in [1.807, 2.05) is 19.1 Å². The van der Waals surface area contributed by atoms with Crippen molar-refractivity contribution in [2.75, 3.05) is 7.05 Å². The van der Waals surface area contributed by atoms with Crippen molar-refractivity contribution in [1.82, 2.24) is 15.0 Å². The number of pyridine rings is 1. The van der Waals surface area contributed by atoms with Crippen LogP contribution in [0.15, 0.2) is 46.2 Å². The van der Waals surface area contributed by atoms with E-state index in [4.69, 9.17) is 4.42 Å². The Morgan fingerprint density at radius 3 is 2.60 bits per heavy atom. The fourth-order valence-electron chi connectivity index (χ4n) is 1.72.